The Morgan fingerprint density at radius 3 is 2.55 bits per heavy atom. The molecule has 0 aliphatic carbocycles. The number of amides is 1. The molecule has 2 fully saturated rings. The van der Waals surface area contributed by atoms with Gasteiger partial charge in [0, 0.05) is 38.3 Å². The van der Waals surface area contributed by atoms with Gasteiger partial charge in [-0.05, 0) is 71.5 Å². The summed E-state index contributed by atoms with van der Waals surface area (Å²) in [5, 5.41) is 0. The van der Waals surface area contributed by atoms with Crippen LogP contribution < -0.4 is 0 Å². The second-order valence-corrected chi connectivity index (χ2v) is 10.0. The van der Waals surface area contributed by atoms with Crippen molar-refractivity contribution in [3.05, 3.63) is 23.8 Å². The molecule has 7 nitrogen and oxygen atoms in total. The summed E-state index contributed by atoms with van der Waals surface area (Å²) >= 11 is 0. The number of nitrogens with zero attached hydrogens (tertiary/aromatic N) is 4. The maximum Gasteiger partial charge on any atom is 0.410 e. The molecular weight excluding hydrogens is 392 g/mol. The van der Waals surface area contributed by atoms with Crippen molar-refractivity contribution >= 4 is 11.7 Å². The van der Waals surface area contributed by atoms with Gasteiger partial charge in [0.05, 0.1) is 18.9 Å². The number of likely N-dealkylation sites (tertiary alicyclic amines) is 2. The highest BCUT2D eigenvalue weighted by molar-refractivity contribution is 5.68. The number of rotatable bonds is 5. The van der Waals surface area contributed by atoms with Gasteiger partial charge in [-0.3, -0.25) is 0 Å². The lowest BCUT2D eigenvalue weighted by molar-refractivity contribution is 0.0202. The van der Waals surface area contributed by atoms with Crippen LogP contribution in [0.5, 0.6) is 0 Å². The molecule has 2 saturated heterocycles. The lowest BCUT2D eigenvalue weighted by Gasteiger charge is -2.33. The minimum atomic E-state index is -0.452. The summed E-state index contributed by atoms with van der Waals surface area (Å²) in [6, 6.07) is 0. The molecule has 0 saturated carbocycles. The third kappa shape index (κ3) is 5.89. The fourth-order valence-electron chi connectivity index (χ4n) is 4.75. The molecule has 3 aliphatic rings. The van der Waals surface area contributed by atoms with E-state index in [2.05, 4.69) is 21.7 Å². The molecule has 7 heteroatoms. The Kier molecular flexibility index (Phi) is 7.02. The molecule has 1 aromatic rings. The zero-order chi connectivity index (χ0) is 21.8. The molecule has 4 heterocycles. The van der Waals surface area contributed by atoms with Crippen molar-refractivity contribution in [2.45, 2.75) is 70.9 Å². The molecule has 0 bridgehead atoms. The van der Waals surface area contributed by atoms with Crippen LogP contribution in [0.4, 0.5) is 4.79 Å². The first-order chi connectivity index (χ1) is 14.9. The first kappa shape index (κ1) is 22.3. The van der Waals surface area contributed by atoms with Crippen molar-refractivity contribution in [1.29, 1.82) is 0 Å². The highest BCUT2D eigenvalue weighted by Gasteiger charge is 2.30. The third-order valence-corrected chi connectivity index (χ3v) is 6.47. The maximum atomic E-state index is 12.4. The first-order valence-corrected chi connectivity index (χ1v) is 11.9. The minimum Gasteiger partial charge on any atom is -0.444 e. The summed E-state index contributed by atoms with van der Waals surface area (Å²) in [7, 11) is 0. The summed E-state index contributed by atoms with van der Waals surface area (Å²) in [5.74, 6) is 1.57. The number of ether oxygens (including phenoxy) is 2. The Labute approximate surface area is 186 Å². The zero-order valence-electron chi connectivity index (χ0n) is 19.4. The number of aromatic nitrogens is 2. The normalized spacial score (nSPS) is 21.4. The average Bonchev–Trinajstić information content (AvgIpc) is 3.42. The molecule has 172 valence electrons. The van der Waals surface area contributed by atoms with E-state index in [1.807, 2.05) is 25.7 Å². The number of carbonyl (C=O) groups excluding carboxylic acids is 1. The largest absolute Gasteiger partial charge is 0.444 e. The minimum absolute atomic E-state index is 0.198. The zero-order valence-corrected chi connectivity index (χ0v) is 19.4. The van der Waals surface area contributed by atoms with Gasteiger partial charge in [0.15, 0.2) is 0 Å². The standard InChI is InChI=1S/C24H38N4O3/c1-24(2,3)31-23(29)27-12-6-20(7-13-27)22-25-21(19-8-16-30-17-9-19)18-28(22)15-14-26-10-4-5-11-26/h8,18,20H,4-7,9-17H2,1-3H3. The molecule has 0 aromatic carbocycles. The van der Waals surface area contributed by atoms with Crippen LogP contribution in [-0.4, -0.2) is 77.0 Å². The van der Waals surface area contributed by atoms with E-state index >= 15 is 0 Å². The highest BCUT2D eigenvalue weighted by Crippen LogP contribution is 2.31. The van der Waals surface area contributed by atoms with E-state index in [0.29, 0.717) is 12.5 Å². The molecule has 0 atom stereocenters. The van der Waals surface area contributed by atoms with Gasteiger partial charge in [0.25, 0.3) is 0 Å². The lowest BCUT2D eigenvalue weighted by atomic mass is 9.96. The first-order valence-electron chi connectivity index (χ1n) is 11.9. The smallest absolute Gasteiger partial charge is 0.410 e. The van der Waals surface area contributed by atoms with Crippen LogP contribution in [0.3, 0.4) is 0 Å². The molecule has 3 aliphatic heterocycles. The van der Waals surface area contributed by atoms with Crippen molar-refractivity contribution in [1.82, 2.24) is 19.4 Å². The second kappa shape index (κ2) is 9.74. The second-order valence-electron chi connectivity index (χ2n) is 10.0. The van der Waals surface area contributed by atoms with E-state index in [9.17, 15) is 4.79 Å². The molecule has 0 radical (unpaired) electrons. The number of piperidine rings is 1. The summed E-state index contributed by atoms with van der Waals surface area (Å²) < 4.78 is 13.4. The van der Waals surface area contributed by atoms with Gasteiger partial charge < -0.3 is 23.8 Å². The maximum absolute atomic E-state index is 12.4. The van der Waals surface area contributed by atoms with Crippen LogP contribution in [0.25, 0.3) is 5.57 Å². The summed E-state index contributed by atoms with van der Waals surface area (Å²) in [6.07, 6.45) is 9.66. The van der Waals surface area contributed by atoms with Gasteiger partial charge in [-0.1, -0.05) is 6.08 Å². The van der Waals surface area contributed by atoms with E-state index < -0.39 is 5.60 Å². The Morgan fingerprint density at radius 2 is 1.90 bits per heavy atom. The van der Waals surface area contributed by atoms with Crippen LogP contribution in [0.2, 0.25) is 0 Å². The van der Waals surface area contributed by atoms with Crippen molar-refractivity contribution in [3.8, 4) is 0 Å². The van der Waals surface area contributed by atoms with E-state index in [1.54, 1.807) is 0 Å². The van der Waals surface area contributed by atoms with Gasteiger partial charge in [0.1, 0.15) is 11.4 Å². The van der Waals surface area contributed by atoms with Crippen molar-refractivity contribution in [2.24, 2.45) is 0 Å². The van der Waals surface area contributed by atoms with E-state index in [1.165, 1.54) is 37.3 Å². The van der Waals surface area contributed by atoms with Crippen LogP contribution >= 0.6 is 0 Å². The SMILES string of the molecule is CC(C)(C)OC(=O)N1CCC(c2nc(C3=CCOCC3)cn2CCN2CCCC2)CC1. The Morgan fingerprint density at radius 1 is 1.16 bits per heavy atom. The van der Waals surface area contributed by atoms with Crippen LogP contribution in [0.15, 0.2) is 12.3 Å². The molecular formula is C24H38N4O3. The lowest BCUT2D eigenvalue weighted by Crippen LogP contribution is -2.41. The van der Waals surface area contributed by atoms with E-state index in [-0.39, 0.29) is 6.09 Å². The number of hydrogen-bond acceptors (Lipinski definition) is 5. The average molecular weight is 431 g/mol. The van der Waals surface area contributed by atoms with Crippen molar-refractivity contribution in [2.75, 3.05) is 45.9 Å². The molecule has 1 aromatic heterocycles. The molecule has 0 N–H and O–H groups in total. The fourth-order valence-corrected chi connectivity index (χ4v) is 4.75. The van der Waals surface area contributed by atoms with Crippen molar-refractivity contribution in [3.63, 3.8) is 0 Å². The predicted octanol–water partition coefficient (Wildman–Crippen LogP) is 3.90. The Balaban J connectivity index is 1.45. The molecule has 0 unspecified atom stereocenters. The van der Waals surface area contributed by atoms with Gasteiger partial charge in [-0.25, -0.2) is 9.78 Å². The van der Waals surface area contributed by atoms with Gasteiger partial charge in [0.2, 0.25) is 0 Å². The van der Waals surface area contributed by atoms with Gasteiger partial charge in [-0.2, -0.15) is 0 Å². The monoisotopic (exact) mass is 430 g/mol. The number of imidazole rings is 1. The third-order valence-electron chi connectivity index (χ3n) is 6.47. The number of carbonyl (C=O) groups is 1. The Hall–Kier alpha value is -1.86. The van der Waals surface area contributed by atoms with Gasteiger partial charge in [-0.15, -0.1) is 0 Å². The number of hydrogen-bond donors (Lipinski definition) is 0. The van der Waals surface area contributed by atoms with Crippen LogP contribution in [0.1, 0.15) is 70.3 Å². The van der Waals surface area contributed by atoms with Crippen molar-refractivity contribution < 1.29 is 14.3 Å². The Bertz CT molecular complexity index is 781. The summed E-state index contributed by atoms with van der Waals surface area (Å²) in [5.41, 5.74) is 1.96. The predicted molar refractivity (Wildman–Crippen MR) is 121 cm³/mol. The van der Waals surface area contributed by atoms with Gasteiger partial charge >= 0.3 is 6.09 Å². The molecule has 0 spiro atoms. The summed E-state index contributed by atoms with van der Waals surface area (Å²) in [6.45, 7) is 13.2. The molecule has 31 heavy (non-hydrogen) atoms. The molecule has 1 amide bonds. The topological polar surface area (TPSA) is 59.8 Å². The molecule has 4 rings (SSSR count). The highest BCUT2D eigenvalue weighted by atomic mass is 16.6. The van der Waals surface area contributed by atoms with E-state index in [4.69, 9.17) is 14.5 Å². The van der Waals surface area contributed by atoms with E-state index in [0.717, 1.165) is 57.7 Å². The van der Waals surface area contributed by atoms with Crippen LogP contribution in [-0.2, 0) is 16.0 Å². The fraction of sp³-hybridized carbons (Fsp3) is 0.750. The summed E-state index contributed by atoms with van der Waals surface area (Å²) in [4.78, 5) is 22.0. The van der Waals surface area contributed by atoms with Crippen LogP contribution in [0, 0.1) is 0 Å². The quantitative estimate of drug-likeness (QED) is 0.709.